The van der Waals surface area contributed by atoms with Gasteiger partial charge in [-0.05, 0) is 40.0 Å². The van der Waals surface area contributed by atoms with E-state index in [-0.39, 0.29) is 25.0 Å². The highest BCUT2D eigenvalue weighted by Crippen LogP contribution is 2.17. The molecule has 0 aromatic carbocycles. The minimum absolute atomic E-state index is 0.0621. The maximum absolute atomic E-state index is 12.5. The molecule has 0 saturated carbocycles. The number of hydrogen-bond donors (Lipinski definition) is 1. The molecule has 0 aromatic rings. The second-order valence-corrected chi connectivity index (χ2v) is 7.88. The third-order valence-corrected chi connectivity index (χ3v) is 3.89. The van der Waals surface area contributed by atoms with Gasteiger partial charge < -0.3 is 14.8 Å². The molecule has 0 radical (unpaired) electrons. The normalized spacial score (nSPS) is 13.1. The maximum atomic E-state index is 12.5. The second-order valence-electron chi connectivity index (χ2n) is 7.88. The molecule has 28 heavy (non-hydrogen) atoms. The fraction of sp³-hybridized carbons (Fsp3) is 0.682. The minimum atomic E-state index is -0.643. The molecular formula is C22H37NO5. The second kappa shape index (κ2) is 14.0. The first-order valence-corrected chi connectivity index (χ1v) is 10.0. The number of esters is 2. The van der Waals surface area contributed by atoms with Crippen LogP contribution in [0.2, 0.25) is 0 Å². The lowest BCUT2D eigenvalue weighted by molar-refractivity contribution is -0.161. The van der Waals surface area contributed by atoms with Crippen molar-refractivity contribution in [3.63, 3.8) is 0 Å². The van der Waals surface area contributed by atoms with Gasteiger partial charge in [0.1, 0.15) is 12.2 Å². The Kier molecular flexibility index (Phi) is 12.9. The highest BCUT2D eigenvalue weighted by atomic mass is 16.6. The molecule has 6 heteroatoms. The van der Waals surface area contributed by atoms with Crippen molar-refractivity contribution in [2.45, 2.75) is 84.3 Å². The summed E-state index contributed by atoms with van der Waals surface area (Å²) in [6.45, 7) is 14.7. The molecule has 0 heterocycles. The molecule has 0 rings (SSSR count). The highest BCUT2D eigenvalue weighted by Gasteiger charge is 2.26. The number of nitrogens with one attached hydrogen (secondary N) is 1. The van der Waals surface area contributed by atoms with Gasteiger partial charge in [-0.3, -0.25) is 14.4 Å². The Hall–Kier alpha value is -2.11. The van der Waals surface area contributed by atoms with Crippen molar-refractivity contribution in [2.75, 3.05) is 6.61 Å². The van der Waals surface area contributed by atoms with Crippen molar-refractivity contribution < 1.29 is 23.9 Å². The van der Waals surface area contributed by atoms with Gasteiger partial charge in [-0.2, -0.15) is 0 Å². The first-order chi connectivity index (χ1) is 13.1. The predicted octanol–water partition coefficient (Wildman–Crippen LogP) is 4.09. The van der Waals surface area contributed by atoms with Gasteiger partial charge in [0.05, 0.1) is 18.4 Å². The number of rotatable bonds is 14. The zero-order valence-corrected chi connectivity index (χ0v) is 17.9. The number of allylic oxidation sites excluding steroid dienone is 2. The fourth-order valence-electron chi connectivity index (χ4n) is 2.53. The van der Waals surface area contributed by atoms with E-state index in [0.29, 0.717) is 19.3 Å². The number of carbonyl (C=O) groups is 3. The molecule has 1 amide bonds. The molecule has 0 aliphatic carbocycles. The number of ether oxygens (including phenoxy) is 2. The Morgan fingerprint density at radius 3 is 2.36 bits per heavy atom. The van der Waals surface area contributed by atoms with E-state index in [1.807, 2.05) is 0 Å². The van der Waals surface area contributed by atoms with E-state index in [9.17, 15) is 14.4 Å². The molecule has 6 nitrogen and oxygen atoms in total. The lowest BCUT2D eigenvalue weighted by Gasteiger charge is -2.22. The summed E-state index contributed by atoms with van der Waals surface area (Å²) in [6.07, 6.45) is 7.11. The lowest BCUT2D eigenvalue weighted by atomic mass is 10.0. The van der Waals surface area contributed by atoms with Crippen LogP contribution < -0.4 is 5.32 Å². The van der Waals surface area contributed by atoms with Gasteiger partial charge in [-0.25, -0.2) is 0 Å². The number of carbonyl (C=O) groups excluding carboxylic acids is 3. The summed E-state index contributed by atoms with van der Waals surface area (Å²) in [5.41, 5.74) is -0.610. The maximum Gasteiger partial charge on any atom is 0.309 e. The topological polar surface area (TPSA) is 81.7 Å². The zero-order valence-electron chi connectivity index (χ0n) is 17.9. The Labute approximate surface area is 169 Å². The quantitative estimate of drug-likeness (QED) is 0.354. The van der Waals surface area contributed by atoms with Crippen molar-refractivity contribution >= 4 is 17.8 Å². The van der Waals surface area contributed by atoms with Crippen LogP contribution in [0.5, 0.6) is 0 Å². The summed E-state index contributed by atoms with van der Waals surface area (Å²) in [5, 5.41) is 2.91. The van der Waals surface area contributed by atoms with Crippen molar-refractivity contribution in [1.82, 2.24) is 5.32 Å². The van der Waals surface area contributed by atoms with E-state index in [4.69, 9.17) is 9.47 Å². The van der Waals surface area contributed by atoms with Gasteiger partial charge in [-0.15, -0.1) is 13.2 Å². The molecule has 1 N–H and O–H groups in total. The Morgan fingerprint density at radius 2 is 1.82 bits per heavy atom. The van der Waals surface area contributed by atoms with Crippen LogP contribution in [0.4, 0.5) is 0 Å². The third-order valence-electron chi connectivity index (χ3n) is 3.89. The minimum Gasteiger partial charge on any atom is -0.463 e. The van der Waals surface area contributed by atoms with Gasteiger partial charge in [0.2, 0.25) is 5.91 Å². The van der Waals surface area contributed by atoms with E-state index < -0.39 is 23.5 Å². The van der Waals surface area contributed by atoms with Crippen LogP contribution in [0.15, 0.2) is 25.3 Å². The van der Waals surface area contributed by atoms with E-state index in [2.05, 4.69) is 25.4 Å². The molecule has 0 aliphatic rings. The van der Waals surface area contributed by atoms with Gasteiger partial charge in [0.15, 0.2) is 0 Å². The standard InChI is InChI=1S/C22H37NO5/c1-7-10-13-18(23-19(24)14-11-8-2)16-27-21(26)17(12-9-3)15-20(25)28-22(4,5)6/h8-9,17-18H,2-3,7,10-16H2,1,4-6H3,(H,23,24). The van der Waals surface area contributed by atoms with Crippen molar-refractivity contribution in [3.8, 4) is 0 Å². The smallest absolute Gasteiger partial charge is 0.309 e. The van der Waals surface area contributed by atoms with Gasteiger partial charge >= 0.3 is 11.9 Å². The molecule has 0 saturated heterocycles. The van der Waals surface area contributed by atoms with Crippen molar-refractivity contribution in [2.24, 2.45) is 5.92 Å². The van der Waals surface area contributed by atoms with Crippen LogP contribution in [0.25, 0.3) is 0 Å². The van der Waals surface area contributed by atoms with Crippen LogP contribution in [0.3, 0.4) is 0 Å². The van der Waals surface area contributed by atoms with Crippen LogP contribution in [-0.2, 0) is 23.9 Å². The summed E-state index contributed by atoms with van der Waals surface area (Å²) in [7, 11) is 0. The van der Waals surface area contributed by atoms with Crippen molar-refractivity contribution in [1.29, 1.82) is 0 Å². The third kappa shape index (κ3) is 13.1. The molecule has 2 atom stereocenters. The predicted molar refractivity (Wildman–Crippen MR) is 111 cm³/mol. The van der Waals surface area contributed by atoms with E-state index in [1.54, 1.807) is 32.9 Å². The number of hydrogen-bond acceptors (Lipinski definition) is 5. The Balaban J connectivity index is 4.76. The van der Waals surface area contributed by atoms with E-state index in [1.165, 1.54) is 0 Å². The summed E-state index contributed by atoms with van der Waals surface area (Å²) in [4.78, 5) is 36.5. The van der Waals surface area contributed by atoms with Gasteiger partial charge in [0, 0.05) is 6.42 Å². The van der Waals surface area contributed by atoms with Gasteiger partial charge in [-0.1, -0.05) is 31.9 Å². The van der Waals surface area contributed by atoms with Crippen LogP contribution in [0.1, 0.15) is 72.6 Å². The zero-order chi connectivity index (χ0) is 21.6. The molecule has 160 valence electrons. The summed E-state index contributed by atoms with van der Waals surface area (Å²) < 4.78 is 10.7. The monoisotopic (exact) mass is 395 g/mol. The van der Waals surface area contributed by atoms with E-state index in [0.717, 1.165) is 19.3 Å². The first kappa shape index (κ1) is 25.9. The molecule has 2 unspecified atom stereocenters. The average Bonchev–Trinajstić information content (AvgIpc) is 2.59. The largest absolute Gasteiger partial charge is 0.463 e. The number of unbranched alkanes of at least 4 members (excludes halogenated alkanes) is 1. The SMILES string of the molecule is C=CCCC(=O)NC(CCCC)COC(=O)C(CC=C)CC(=O)OC(C)(C)C. The molecule has 0 fully saturated rings. The summed E-state index contributed by atoms with van der Waals surface area (Å²) in [6, 6.07) is -0.243. The Bertz CT molecular complexity index is 522. The summed E-state index contributed by atoms with van der Waals surface area (Å²) in [5.74, 6) is -1.66. The van der Waals surface area contributed by atoms with E-state index >= 15 is 0 Å². The highest BCUT2D eigenvalue weighted by molar-refractivity contribution is 5.80. The van der Waals surface area contributed by atoms with Crippen LogP contribution >= 0.6 is 0 Å². The summed E-state index contributed by atoms with van der Waals surface area (Å²) >= 11 is 0. The van der Waals surface area contributed by atoms with Crippen molar-refractivity contribution in [3.05, 3.63) is 25.3 Å². The van der Waals surface area contributed by atoms with Crippen LogP contribution in [-0.4, -0.2) is 36.1 Å². The first-order valence-electron chi connectivity index (χ1n) is 10.0. The van der Waals surface area contributed by atoms with Gasteiger partial charge in [0.25, 0.3) is 0 Å². The number of amides is 1. The lowest BCUT2D eigenvalue weighted by Crippen LogP contribution is -2.39. The molecule has 0 aliphatic heterocycles. The molecule has 0 aromatic heterocycles. The molecular weight excluding hydrogens is 358 g/mol. The fourth-order valence-corrected chi connectivity index (χ4v) is 2.53. The Morgan fingerprint density at radius 1 is 1.14 bits per heavy atom. The molecule has 0 bridgehead atoms. The average molecular weight is 396 g/mol. The van der Waals surface area contributed by atoms with Crippen LogP contribution in [0, 0.1) is 5.92 Å². The molecule has 0 spiro atoms.